The number of hydrogen-bond donors (Lipinski definition) is 2. The van der Waals surface area contributed by atoms with E-state index in [1.165, 1.54) is 18.5 Å². The molecular formula is C18H18ClN3O2. The highest BCUT2D eigenvalue weighted by molar-refractivity contribution is 6.30. The van der Waals surface area contributed by atoms with Crippen LogP contribution in [-0.2, 0) is 6.42 Å². The number of carbonyl (C=O) groups is 2. The Bertz CT molecular complexity index is 729. The number of nitrogens with zero attached hydrogens (tertiary/aromatic N) is 1. The number of halogens is 1. The molecule has 2 aromatic rings. The standard InChI is InChI=1S/C18H18ClN3O2/c1-2-8-21-17(23)14-10-15(12-20-11-14)18(24)22-9-7-13-3-5-16(19)6-4-13/h2-6,10-12H,1,7-9H2,(H,21,23)(H,22,24). The summed E-state index contributed by atoms with van der Waals surface area (Å²) >= 11 is 5.83. The van der Waals surface area contributed by atoms with E-state index in [2.05, 4.69) is 22.2 Å². The van der Waals surface area contributed by atoms with Crippen molar-refractivity contribution in [3.63, 3.8) is 0 Å². The molecule has 0 spiro atoms. The van der Waals surface area contributed by atoms with E-state index in [1.807, 2.05) is 24.3 Å². The van der Waals surface area contributed by atoms with Crippen LogP contribution in [0.25, 0.3) is 0 Å². The number of nitrogens with one attached hydrogen (secondary N) is 2. The lowest BCUT2D eigenvalue weighted by molar-refractivity contribution is 0.0953. The zero-order valence-electron chi connectivity index (χ0n) is 13.1. The molecule has 2 amide bonds. The first-order chi connectivity index (χ1) is 11.6. The van der Waals surface area contributed by atoms with Crippen LogP contribution in [0.5, 0.6) is 0 Å². The van der Waals surface area contributed by atoms with E-state index in [0.717, 1.165) is 5.56 Å². The minimum atomic E-state index is -0.293. The summed E-state index contributed by atoms with van der Waals surface area (Å²) in [5.74, 6) is -0.562. The highest BCUT2D eigenvalue weighted by atomic mass is 35.5. The van der Waals surface area contributed by atoms with E-state index in [1.54, 1.807) is 6.08 Å². The molecule has 2 N–H and O–H groups in total. The molecule has 5 nitrogen and oxygen atoms in total. The first-order valence-electron chi connectivity index (χ1n) is 7.47. The normalized spacial score (nSPS) is 10.0. The average Bonchev–Trinajstić information content (AvgIpc) is 2.61. The van der Waals surface area contributed by atoms with Crippen LogP contribution in [0.4, 0.5) is 0 Å². The Morgan fingerprint density at radius 2 is 1.71 bits per heavy atom. The van der Waals surface area contributed by atoms with Crippen LogP contribution < -0.4 is 10.6 Å². The molecule has 6 heteroatoms. The van der Waals surface area contributed by atoms with Crippen molar-refractivity contribution in [2.24, 2.45) is 0 Å². The van der Waals surface area contributed by atoms with Gasteiger partial charge >= 0.3 is 0 Å². The summed E-state index contributed by atoms with van der Waals surface area (Å²) < 4.78 is 0. The molecular weight excluding hydrogens is 326 g/mol. The minimum absolute atomic E-state index is 0.269. The van der Waals surface area contributed by atoms with Gasteiger partial charge < -0.3 is 10.6 Å². The summed E-state index contributed by atoms with van der Waals surface area (Å²) in [6.45, 7) is 4.37. The molecule has 0 aliphatic carbocycles. The van der Waals surface area contributed by atoms with E-state index in [4.69, 9.17) is 11.6 Å². The predicted octanol–water partition coefficient (Wildman–Crippen LogP) is 2.62. The molecule has 0 aliphatic rings. The molecule has 0 bridgehead atoms. The van der Waals surface area contributed by atoms with Crippen molar-refractivity contribution in [3.05, 3.63) is 77.1 Å². The van der Waals surface area contributed by atoms with Crippen LogP contribution in [0.3, 0.4) is 0 Å². The molecule has 0 saturated heterocycles. The lowest BCUT2D eigenvalue weighted by Gasteiger charge is -2.07. The first kappa shape index (κ1) is 17.7. The van der Waals surface area contributed by atoms with Gasteiger partial charge in [0.2, 0.25) is 0 Å². The maximum atomic E-state index is 12.2. The molecule has 2 rings (SSSR count). The Kier molecular flexibility index (Phi) is 6.51. The number of rotatable bonds is 7. The Balaban J connectivity index is 1.91. The number of carbonyl (C=O) groups excluding carboxylic acids is 2. The van der Waals surface area contributed by atoms with E-state index in [-0.39, 0.29) is 11.8 Å². The van der Waals surface area contributed by atoms with Crippen LogP contribution in [0.1, 0.15) is 26.3 Å². The monoisotopic (exact) mass is 343 g/mol. The minimum Gasteiger partial charge on any atom is -0.352 e. The van der Waals surface area contributed by atoms with Gasteiger partial charge in [0, 0.05) is 30.5 Å². The fraction of sp³-hybridized carbons (Fsp3) is 0.167. The number of aromatic nitrogens is 1. The summed E-state index contributed by atoms with van der Waals surface area (Å²) in [7, 11) is 0. The second-order valence-corrected chi connectivity index (χ2v) is 5.53. The van der Waals surface area contributed by atoms with Gasteiger partial charge in [0.15, 0.2) is 0 Å². The van der Waals surface area contributed by atoms with Gasteiger partial charge in [-0.2, -0.15) is 0 Å². The van der Waals surface area contributed by atoms with Crippen molar-refractivity contribution < 1.29 is 9.59 Å². The number of amides is 2. The first-order valence-corrected chi connectivity index (χ1v) is 7.84. The third-order valence-electron chi connectivity index (χ3n) is 3.28. The van der Waals surface area contributed by atoms with Gasteiger partial charge in [-0.25, -0.2) is 0 Å². The second kappa shape index (κ2) is 8.84. The quantitative estimate of drug-likeness (QED) is 0.759. The fourth-order valence-electron chi connectivity index (χ4n) is 2.03. The van der Waals surface area contributed by atoms with Crippen molar-refractivity contribution in [1.82, 2.24) is 15.6 Å². The van der Waals surface area contributed by atoms with Gasteiger partial charge in [-0.3, -0.25) is 14.6 Å². The highest BCUT2D eigenvalue weighted by Crippen LogP contribution is 2.09. The van der Waals surface area contributed by atoms with Gasteiger partial charge in [0.1, 0.15) is 0 Å². The van der Waals surface area contributed by atoms with Crippen LogP contribution in [-0.4, -0.2) is 29.9 Å². The van der Waals surface area contributed by atoms with E-state index in [9.17, 15) is 9.59 Å². The van der Waals surface area contributed by atoms with Crippen molar-refractivity contribution in [2.75, 3.05) is 13.1 Å². The van der Waals surface area contributed by atoms with Crippen molar-refractivity contribution in [3.8, 4) is 0 Å². The lowest BCUT2D eigenvalue weighted by atomic mass is 10.1. The maximum absolute atomic E-state index is 12.2. The molecule has 0 fully saturated rings. The van der Waals surface area contributed by atoms with Crippen LogP contribution in [0, 0.1) is 0 Å². The Hall–Kier alpha value is -2.66. The van der Waals surface area contributed by atoms with Gasteiger partial charge in [-0.15, -0.1) is 6.58 Å². The van der Waals surface area contributed by atoms with Crippen LogP contribution in [0.15, 0.2) is 55.4 Å². The second-order valence-electron chi connectivity index (χ2n) is 5.09. The summed E-state index contributed by atoms with van der Waals surface area (Å²) in [4.78, 5) is 28.0. The van der Waals surface area contributed by atoms with Crippen molar-refractivity contribution >= 4 is 23.4 Å². The molecule has 0 unspecified atom stereocenters. The Morgan fingerprint density at radius 1 is 1.08 bits per heavy atom. The third kappa shape index (κ3) is 5.21. The molecule has 1 heterocycles. The molecule has 124 valence electrons. The molecule has 0 aliphatic heterocycles. The summed E-state index contributed by atoms with van der Waals surface area (Å²) in [6, 6.07) is 8.98. The highest BCUT2D eigenvalue weighted by Gasteiger charge is 2.10. The smallest absolute Gasteiger partial charge is 0.253 e. The lowest BCUT2D eigenvalue weighted by Crippen LogP contribution is -2.27. The van der Waals surface area contributed by atoms with Gasteiger partial charge in [0.05, 0.1) is 11.1 Å². The SMILES string of the molecule is C=CCNC(=O)c1cncc(C(=O)NCCc2ccc(Cl)cc2)c1. The molecule has 1 aromatic heterocycles. The molecule has 0 saturated carbocycles. The van der Waals surface area contributed by atoms with Gasteiger partial charge in [-0.05, 0) is 30.2 Å². The predicted molar refractivity (Wildman–Crippen MR) is 94.3 cm³/mol. The Labute approximate surface area is 145 Å². The fourth-order valence-corrected chi connectivity index (χ4v) is 2.15. The zero-order chi connectivity index (χ0) is 17.4. The largest absolute Gasteiger partial charge is 0.352 e. The molecule has 1 aromatic carbocycles. The summed E-state index contributed by atoms with van der Waals surface area (Å²) in [6.07, 6.45) is 5.12. The third-order valence-corrected chi connectivity index (χ3v) is 3.53. The van der Waals surface area contributed by atoms with Gasteiger partial charge in [0.25, 0.3) is 11.8 Å². The summed E-state index contributed by atoms with van der Waals surface area (Å²) in [5.41, 5.74) is 1.76. The summed E-state index contributed by atoms with van der Waals surface area (Å²) in [5, 5.41) is 6.14. The van der Waals surface area contributed by atoms with Gasteiger partial charge in [-0.1, -0.05) is 29.8 Å². The molecule has 0 atom stereocenters. The number of benzene rings is 1. The van der Waals surface area contributed by atoms with Crippen molar-refractivity contribution in [2.45, 2.75) is 6.42 Å². The molecule has 24 heavy (non-hydrogen) atoms. The van der Waals surface area contributed by atoms with E-state index >= 15 is 0 Å². The average molecular weight is 344 g/mol. The zero-order valence-corrected chi connectivity index (χ0v) is 13.8. The van der Waals surface area contributed by atoms with E-state index < -0.39 is 0 Å². The number of pyridine rings is 1. The maximum Gasteiger partial charge on any atom is 0.253 e. The number of hydrogen-bond acceptors (Lipinski definition) is 3. The van der Waals surface area contributed by atoms with E-state index in [0.29, 0.717) is 35.7 Å². The Morgan fingerprint density at radius 3 is 2.33 bits per heavy atom. The van der Waals surface area contributed by atoms with Crippen LogP contribution in [0.2, 0.25) is 5.02 Å². The molecule has 0 radical (unpaired) electrons. The topological polar surface area (TPSA) is 71.1 Å². The van der Waals surface area contributed by atoms with Crippen LogP contribution >= 0.6 is 11.6 Å². The van der Waals surface area contributed by atoms with Crippen molar-refractivity contribution in [1.29, 1.82) is 0 Å².